The first-order chi connectivity index (χ1) is 15.7. The number of benzene rings is 4. The Morgan fingerprint density at radius 1 is 0.531 bits per heavy atom. The highest BCUT2D eigenvalue weighted by molar-refractivity contribution is 6.03. The molecular weight excluding hydrogens is 398 g/mol. The number of phenols is 2. The minimum Gasteiger partial charge on any atom is -0.507 e. The number of nitrogens with zero attached hydrogens (tertiary/aromatic N) is 3. The Balaban J connectivity index is 1.47. The summed E-state index contributed by atoms with van der Waals surface area (Å²) in [4.78, 5) is 13.4. The second-order valence-electron chi connectivity index (χ2n) is 7.31. The summed E-state index contributed by atoms with van der Waals surface area (Å²) in [5, 5.41) is 24.5. The molecule has 32 heavy (non-hydrogen) atoms. The first-order valence-electron chi connectivity index (χ1n) is 10.2. The van der Waals surface area contributed by atoms with E-state index in [0.717, 1.165) is 21.5 Å². The minimum atomic E-state index is 0.160. The Morgan fingerprint density at radius 3 is 1.50 bits per heavy atom. The van der Waals surface area contributed by atoms with Gasteiger partial charge in [0.1, 0.15) is 11.5 Å². The molecule has 5 heteroatoms. The Bertz CT molecular complexity index is 1400. The number of fused-ring (bicyclic) bond motifs is 2. The number of phenolic OH excluding ortho intramolecular Hbond substituents is 2. The van der Waals surface area contributed by atoms with Crippen molar-refractivity contribution in [3.05, 3.63) is 102 Å². The van der Waals surface area contributed by atoms with Gasteiger partial charge in [-0.05, 0) is 45.8 Å². The van der Waals surface area contributed by atoms with Gasteiger partial charge < -0.3 is 10.2 Å². The standard InChI is InChI=1S/C27H19N3O2/c31-24-14-12-18-6-1-3-8-20(18)22(24)16-28-26-10-5-11-27(30-26)29-17-23-21-9-4-2-7-19(21)13-15-25(23)32/h1-17,31-32H/b28-16+,29-17?. The molecule has 4 aromatic carbocycles. The molecule has 1 aromatic heterocycles. The summed E-state index contributed by atoms with van der Waals surface area (Å²) in [6.07, 6.45) is 3.23. The molecule has 0 aliphatic carbocycles. The molecule has 0 atom stereocenters. The zero-order valence-corrected chi connectivity index (χ0v) is 17.1. The average molecular weight is 417 g/mol. The highest BCUT2D eigenvalue weighted by Gasteiger charge is 2.06. The van der Waals surface area contributed by atoms with Crippen molar-refractivity contribution in [3.8, 4) is 11.5 Å². The molecule has 0 bridgehead atoms. The van der Waals surface area contributed by atoms with Crippen LogP contribution < -0.4 is 0 Å². The van der Waals surface area contributed by atoms with Crippen molar-refractivity contribution in [2.24, 2.45) is 9.98 Å². The van der Waals surface area contributed by atoms with Gasteiger partial charge in [0, 0.05) is 23.6 Å². The molecule has 0 saturated carbocycles. The summed E-state index contributed by atoms with van der Waals surface area (Å²) in [5.74, 6) is 1.25. The monoisotopic (exact) mass is 417 g/mol. The number of pyridine rings is 1. The predicted octanol–water partition coefficient (Wildman–Crippen LogP) is 6.30. The maximum absolute atomic E-state index is 10.3. The Morgan fingerprint density at radius 2 is 1.00 bits per heavy atom. The highest BCUT2D eigenvalue weighted by atomic mass is 16.3. The molecule has 5 rings (SSSR count). The highest BCUT2D eigenvalue weighted by Crippen LogP contribution is 2.28. The van der Waals surface area contributed by atoms with Gasteiger partial charge in [-0.3, -0.25) is 0 Å². The van der Waals surface area contributed by atoms with E-state index >= 15 is 0 Å². The van der Waals surface area contributed by atoms with E-state index in [9.17, 15) is 10.2 Å². The molecule has 0 radical (unpaired) electrons. The van der Waals surface area contributed by atoms with Crippen LogP contribution in [0.4, 0.5) is 11.6 Å². The molecule has 0 saturated heterocycles. The minimum absolute atomic E-state index is 0.160. The van der Waals surface area contributed by atoms with Gasteiger partial charge in [0.05, 0.1) is 0 Å². The van der Waals surface area contributed by atoms with Gasteiger partial charge in [0.2, 0.25) is 0 Å². The van der Waals surface area contributed by atoms with Crippen LogP contribution in [0, 0.1) is 0 Å². The van der Waals surface area contributed by atoms with Crippen LogP contribution in [-0.4, -0.2) is 27.6 Å². The maximum atomic E-state index is 10.3. The molecule has 5 nitrogen and oxygen atoms in total. The largest absolute Gasteiger partial charge is 0.507 e. The van der Waals surface area contributed by atoms with Crippen LogP contribution in [0.2, 0.25) is 0 Å². The number of hydrogen-bond acceptors (Lipinski definition) is 5. The molecule has 0 spiro atoms. The lowest BCUT2D eigenvalue weighted by atomic mass is 10.0. The van der Waals surface area contributed by atoms with Crippen LogP contribution in [0.15, 0.2) is 101 Å². The van der Waals surface area contributed by atoms with Crippen LogP contribution in [0.5, 0.6) is 11.5 Å². The van der Waals surface area contributed by atoms with E-state index in [1.165, 1.54) is 0 Å². The second kappa shape index (κ2) is 8.32. The van der Waals surface area contributed by atoms with Crippen LogP contribution in [0.25, 0.3) is 21.5 Å². The molecule has 0 unspecified atom stereocenters. The SMILES string of the molecule is Oc1ccc2ccccc2c1C=Nc1cccc(/N=C/c2c(O)ccc3ccccc23)n1. The van der Waals surface area contributed by atoms with Gasteiger partial charge in [-0.2, -0.15) is 0 Å². The number of rotatable bonds is 4. The summed E-state index contributed by atoms with van der Waals surface area (Å²) in [6, 6.07) is 28.1. The van der Waals surface area contributed by atoms with Gasteiger partial charge in [0.15, 0.2) is 11.6 Å². The lowest BCUT2D eigenvalue weighted by molar-refractivity contribution is 0.475. The first-order valence-corrected chi connectivity index (χ1v) is 10.2. The Hall–Kier alpha value is -4.51. The smallest absolute Gasteiger partial charge is 0.154 e. The second-order valence-corrected chi connectivity index (χ2v) is 7.31. The van der Waals surface area contributed by atoms with Gasteiger partial charge >= 0.3 is 0 Å². The average Bonchev–Trinajstić information content (AvgIpc) is 2.83. The van der Waals surface area contributed by atoms with E-state index < -0.39 is 0 Å². The zero-order chi connectivity index (χ0) is 21.9. The van der Waals surface area contributed by atoms with E-state index in [4.69, 9.17) is 0 Å². The summed E-state index contributed by atoms with van der Waals surface area (Å²) in [7, 11) is 0. The van der Waals surface area contributed by atoms with Crippen molar-refractivity contribution >= 4 is 45.6 Å². The van der Waals surface area contributed by atoms with Gasteiger partial charge in [-0.1, -0.05) is 66.7 Å². The van der Waals surface area contributed by atoms with Crippen LogP contribution in [0.3, 0.4) is 0 Å². The quantitative estimate of drug-likeness (QED) is 0.337. The van der Waals surface area contributed by atoms with Gasteiger partial charge in [-0.15, -0.1) is 0 Å². The number of aliphatic imine (C=N–C) groups is 2. The molecule has 2 N–H and O–H groups in total. The third-order valence-corrected chi connectivity index (χ3v) is 5.27. The van der Waals surface area contributed by atoms with Gasteiger partial charge in [0.25, 0.3) is 0 Å². The molecule has 0 fully saturated rings. The van der Waals surface area contributed by atoms with Crippen molar-refractivity contribution in [2.75, 3.05) is 0 Å². The van der Waals surface area contributed by atoms with Crippen molar-refractivity contribution in [2.45, 2.75) is 0 Å². The van der Waals surface area contributed by atoms with E-state index in [1.54, 1.807) is 36.7 Å². The molecule has 154 valence electrons. The lowest BCUT2D eigenvalue weighted by Gasteiger charge is -2.05. The number of hydrogen-bond donors (Lipinski definition) is 2. The summed E-state index contributed by atoms with van der Waals surface area (Å²) in [6.45, 7) is 0. The molecule has 1 heterocycles. The number of aromatic nitrogens is 1. The lowest BCUT2D eigenvalue weighted by Crippen LogP contribution is -1.87. The van der Waals surface area contributed by atoms with Crippen LogP contribution >= 0.6 is 0 Å². The normalized spacial score (nSPS) is 11.8. The first kappa shape index (κ1) is 19.5. The van der Waals surface area contributed by atoms with Crippen molar-refractivity contribution in [1.82, 2.24) is 4.98 Å². The fraction of sp³-hybridized carbons (Fsp3) is 0. The number of aromatic hydroxyl groups is 2. The Labute approximate surface area is 184 Å². The van der Waals surface area contributed by atoms with Crippen molar-refractivity contribution in [1.29, 1.82) is 0 Å². The molecular formula is C27H19N3O2. The Kier molecular flexibility index (Phi) is 5.06. The molecule has 0 aliphatic rings. The molecule has 0 aliphatic heterocycles. The van der Waals surface area contributed by atoms with E-state index in [-0.39, 0.29) is 11.5 Å². The maximum Gasteiger partial charge on any atom is 0.154 e. The fourth-order valence-corrected chi connectivity index (χ4v) is 3.66. The van der Waals surface area contributed by atoms with Crippen LogP contribution in [0.1, 0.15) is 11.1 Å². The predicted molar refractivity (Wildman–Crippen MR) is 130 cm³/mol. The molecule has 0 amide bonds. The summed E-state index contributed by atoms with van der Waals surface area (Å²) in [5.41, 5.74) is 1.28. The third-order valence-electron chi connectivity index (χ3n) is 5.27. The summed E-state index contributed by atoms with van der Waals surface area (Å²) < 4.78 is 0. The molecule has 5 aromatic rings. The third kappa shape index (κ3) is 3.79. The van der Waals surface area contributed by atoms with Crippen LogP contribution in [-0.2, 0) is 0 Å². The zero-order valence-electron chi connectivity index (χ0n) is 17.1. The van der Waals surface area contributed by atoms with Gasteiger partial charge in [-0.25, -0.2) is 15.0 Å². The van der Waals surface area contributed by atoms with E-state index in [2.05, 4.69) is 15.0 Å². The fourth-order valence-electron chi connectivity index (χ4n) is 3.66. The van der Waals surface area contributed by atoms with Crippen molar-refractivity contribution in [3.63, 3.8) is 0 Å². The van der Waals surface area contributed by atoms with Crippen molar-refractivity contribution < 1.29 is 10.2 Å². The summed E-state index contributed by atoms with van der Waals surface area (Å²) >= 11 is 0. The van der Waals surface area contributed by atoms with E-state index in [0.29, 0.717) is 22.8 Å². The van der Waals surface area contributed by atoms with E-state index in [1.807, 2.05) is 66.7 Å². The topological polar surface area (TPSA) is 78.1 Å².